The van der Waals surface area contributed by atoms with E-state index < -0.39 is 6.10 Å². The molecule has 0 aliphatic heterocycles. The van der Waals surface area contributed by atoms with Crippen LogP contribution in [0.2, 0.25) is 0 Å². The number of anilines is 2. The zero-order valence-electron chi connectivity index (χ0n) is 13.2. The minimum Gasteiger partial charge on any atom is -0.479 e. The van der Waals surface area contributed by atoms with Gasteiger partial charge in [0.25, 0.3) is 5.91 Å². The fourth-order valence-corrected chi connectivity index (χ4v) is 1.72. The molecule has 0 saturated heterocycles. The van der Waals surface area contributed by atoms with Crippen molar-refractivity contribution in [3.8, 4) is 5.75 Å². The molecule has 6 heteroatoms. The predicted octanol–water partition coefficient (Wildman–Crippen LogP) is 1.25. The Hall–Kier alpha value is -1.95. The molecule has 0 aromatic heterocycles. The Balaban J connectivity index is 2.59. The van der Waals surface area contributed by atoms with Crippen LogP contribution in [0.25, 0.3) is 0 Å². The topological polar surface area (TPSA) is 76.8 Å². The number of hydrogen-bond acceptors (Lipinski definition) is 5. The number of carbonyl (C=O) groups excluding carboxylic acids is 1. The van der Waals surface area contributed by atoms with Crippen molar-refractivity contribution in [2.45, 2.75) is 19.4 Å². The second kappa shape index (κ2) is 8.36. The number of nitrogens with two attached hydrogens (primary N) is 1. The van der Waals surface area contributed by atoms with E-state index in [0.29, 0.717) is 24.6 Å². The molecular weight excluding hydrogens is 270 g/mol. The number of nitrogens with one attached hydrogen (secondary N) is 1. The standard InChI is InChI=1S/C15H25N3O3/c1-11(15(19)17-8-5-9-20-4)21-14-10-12(18(2)3)6-7-13(14)16/h6-7,10-11H,5,8-9,16H2,1-4H3,(H,17,19). The fraction of sp³-hybridized carbons (Fsp3) is 0.533. The largest absolute Gasteiger partial charge is 0.479 e. The van der Waals surface area contributed by atoms with Crippen LogP contribution >= 0.6 is 0 Å². The van der Waals surface area contributed by atoms with Gasteiger partial charge in [-0.1, -0.05) is 0 Å². The SMILES string of the molecule is COCCCNC(=O)C(C)Oc1cc(N(C)C)ccc1N. The number of ether oxygens (including phenoxy) is 2. The molecule has 3 N–H and O–H groups in total. The monoisotopic (exact) mass is 295 g/mol. The number of hydrogen-bond donors (Lipinski definition) is 2. The smallest absolute Gasteiger partial charge is 0.260 e. The summed E-state index contributed by atoms with van der Waals surface area (Å²) in [5.41, 5.74) is 7.36. The van der Waals surface area contributed by atoms with Gasteiger partial charge in [-0.05, 0) is 25.5 Å². The Morgan fingerprint density at radius 1 is 1.43 bits per heavy atom. The first-order valence-corrected chi connectivity index (χ1v) is 6.96. The molecule has 0 saturated carbocycles. The molecule has 1 unspecified atom stereocenters. The van der Waals surface area contributed by atoms with E-state index in [-0.39, 0.29) is 5.91 Å². The van der Waals surface area contributed by atoms with Crippen LogP contribution in [0.1, 0.15) is 13.3 Å². The summed E-state index contributed by atoms with van der Waals surface area (Å²) in [6, 6.07) is 5.50. The maximum atomic E-state index is 11.9. The highest BCUT2D eigenvalue weighted by Crippen LogP contribution is 2.27. The van der Waals surface area contributed by atoms with Crippen LogP contribution in [0.4, 0.5) is 11.4 Å². The molecule has 0 bridgehead atoms. The van der Waals surface area contributed by atoms with E-state index in [1.54, 1.807) is 20.1 Å². The molecule has 0 aliphatic carbocycles. The maximum Gasteiger partial charge on any atom is 0.260 e. The molecule has 1 amide bonds. The minimum absolute atomic E-state index is 0.166. The van der Waals surface area contributed by atoms with Crippen molar-refractivity contribution < 1.29 is 14.3 Å². The molecule has 0 radical (unpaired) electrons. The van der Waals surface area contributed by atoms with Gasteiger partial charge in [-0.25, -0.2) is 0 Å². The average Bonchev–Trinajstić information content (AvgIpc) is 2.45. The normalized spacial score (nSPS) is 11.8. The Morgan fingerprint density at radius 3 is 2.76 bits per heavy atom. The lowest BCUT2D eigenvalue weighted by Crippen LogP contribution is -2.37. The van der Waals surface area contributed by atoms with Gasteiger partial charge in [-0.2, -0.15) is 0 Å². The van der Waals surface area contributed by atoms with E-state index in [1.165, 1.54) is 0 Å². The van der Waals surface area contributed by atoms with E-state index in [4.69, 9.17) is 15.2 Å². The Bertz CT molecular complexity index is 463. The van der Waals surface area contributed by atoms with E-state index >= 15 is 0 Å². The van der Waals surface area contributed by atoms with Gasteiger partial charge in [-0.15, -0.1) is 0 Å². The third-order valence-electron chi connectivity index (χ3n) is 3.01. The molecule has 0 aliphatic rings. The van der Waals surface area contributed by atoms with E-state index in [9.17, 15) is 4.79 Å². The van der Waals surface area contributed by atoms with Crippen LogP contribution < -0.4 is 20.7 Å². The van der Waals surface area contributed by atoms with Gasteiger partial charge in [0.2, 0.25) is 0 Å². The Labute approximate surface area is 126 Å². The first kappa shape index (κ1) is 17.1. The zero-order chi connectivity index (χ0) is 15.8. The molecule has 0 spiro atoms. The van der Waals surface area contributed by atoms with Crippen molar-refractivity contribution in [1.29, 1.82) is 0 Å². The van der Waals surface area contributed by atoms with Crippen molar-refractivity contribution >= 4 is 17.3 Å². The van der Waals surface area contributed by atoms with Crippen LogP contribution in [-0.2, 0) is 9.53 Å². The number of carbonyl (C=O) groups is 1. The molecule has 6 nitrogen and oxygen atoms in total. The Kier molecular flexibility index (Phi) is 6.81. The number of rotatable bonds is 8. The predicted molar refractivity (Wildman–Crippen MR) is 84.8 cm³/mol. The second-order valence-electron chi connectivity index (χ2n) is 5.01. The van der Waals surface area contributed by atoms with Gasteiger partial charge in [0.1, 0.15) is 5.75 Å². The van der Waals surface area contributed by atoms with E-state index in [2.05, 4.69) is 5.32 Å². The fourth-order valence-electron chi connectivity index (χ4n) is 1.72. The summed E-state index contributed by atoms with van der Waals surface area (Å²) in [6.45, 7) is 2.88. The first-order chi connectivity index (χ1) is 9.95. The highest BCUT2D eigenvalue weighted by atomic mass is 16.5. The third kappa shape index (κ3) is 5.51. The van der Waals surface area contributed by atoms with Gasteiger partial charge in [0, 0.05) is 46.1 Å². The molecule has 21 heavy (non-hydrogen) atoms. The van der Waals surface area contributed by atoms with Crippen molar-refractivity contribution in [2.75, 3.05) is 45.0 Å². The Morgan fingerprint density at radius 2 is 2.14 bits per heavy atom. The van der Waals surface area contributed by atoms with Crippen LogP contribution in [0.5, 0.6) is 5.75 Å². The van der Waals surface area contributed by atoms with Gasteiger partial charge in [-0.3, -0.25) is 4.79 Å². The molecule has 1 rings (SSSR count). The second-order valence-corrected chi connectivity index (χ2v) is 5.01. The number of amides is 1. The molecule has 0 fully saturated rings. The van der Waals surface area contributed by atoms with Gasteiger partial charge < -0.3 is 25.4 Å². The lowest BCUT2D eigenvalue weighted by molar-refractivity contribution is -0.127. The van der Waals surface area contributed by atoms with E-state index in [1.807, 2.05) is 31.1 Å². The highest BCUT2D eigenvalue weighted by Gasteiger charge is 2.15. The van der Waals surface area contributed by atoms with E-state index in [0.717, 1.165) is 12.1 Å². The van der Waals surface area contributed by atoms with Crippen LogP contribution in [0.3, 0.4) is 0 Å². The summed E-state index contributed by atoms with van der Waals surface area (Å²) >= 11 is 0. The molecule has 0 heterocycles. The molecule has 1 atom stereocenters. The number of benzene rings is 1. The average molecular weight is 295 g/mol. The van der Waals surface area contributed by atoms with Crippen molar-refractivity contribution in [3.63, 3.8) is 0 Å². The van der Waals surface area contributed by atoms with Crippen molar-refractivity contribution in [2.24, 2.45) is 0 Å². The molecule has 1 aromatic carbocycles. The number of methoxy groups -OCH3 is 1. The highest BCUT2D eigenvalue weighted by molar-refractivity contribution is 5.81. The molecule has 118 valence electrons. The molecular formula is C15H25N3O3. The summed E-state index contributed by atoms with van der Waals surface area (Å²) in [5, 5.41) is 2.80. The van der Waals surface area contributed by atoms with Gasteiger partial charge in [0.15, 0.2) is 6.10 Å². The number of nitrogen functional groups attached to an aromatic ring is 1. The van der Waals surface area contributed by atoms with Crippen LogP contribution in [0.15, 0.2) is 18.2 Å². The lowest BCUT2D eigenvalue weighted by Gasteiger charge is -2.19. The number of nitrogens with zero attached hydrogens (tertiary/aromatic N) is 1. The summed E-state index contributed by atoms with van der Waals surface area (Å²) in [7, 11) is 5.50. The van der Waals surface area contributed by atoms with Gasteiger partial charge >= 0.3 is 0 Å². The van der Waals surface area contributed by atoms with Gasteiger partial charge in [0.05, 0.1) is 5.69 Å². The summed E-state index contributed by atoms with van der Waals surface area (Å²) < 4.78 is 10.6. The zero-order valence-corrected chi connectivity index (χ0v) is 13.2. The third-order valence-corrected chi connectivity index (χ3v) is 3.01. The minimum atomic E-state index is -0.604. The molecule has 1 aromatic rings. The summed E-state index contributed by atoms with van der Waals surface area (Å²) in [6.07, 6.45) is 0.167. The summed E-state index contributed by atoms with van der Waals surface area (Å²) in [5.74, 6) is 0.349. The summed E-state index contributed by atoms with van der Waals surface area (Å²) in [4.78, 5) is 13.9. The lowest BCUT2D eigenvalue weighted by atomic mass is 10.2. The first-order valence-electron chi connectivity index (χ1n) is 6.96. The quantitative estimate of drug-likeness (QED) is 0.557. The maximum absolute atomic E-state index is 11.9. The van der Waals surface area contributed by atoms with Crippen molar-refractivity contribution in [1.82, 2.24) is 5.32 Å². The van der Waals surface area contributed by atoms with Crippen molar-refractivity contribution in [3.05, 3.63) is 18.2 Å². The van der Waals surface area contributed by atoms with Crippen LogP contribution in [-0.4, -0.2) is 46.4 Å². The van der Waals surface area contributed by atoms with Crippen LogP contribution in [0, 0.1) is 0 Å².